The van der Waals surface area contributed by atoms with Gasteiger partial charge in [-0.1, -0.05) is 12.1 Å². The molecular formula is C17H18N6. The van der Waals surface area contributed by atoms with Gasteiger partial charge in [-0.3, -0.25) is 14.4 Å². The molecule has 3 aromatic heterocycles. The monoisotopic (exact) mass is 306 g/mol. The van der Waals surface area contributed by atoms with E-state index in [2.05, 4.69) is 25.3 Å². The van der Waals surface area contributed by atoms with Gasteiger partial charge in [0.05, 0.1) is 11.9 Å². The minimum atomic E-state index is 0.648. The predicted octanol–water partition coefficient (Wildman–Crippen LogP) is 2.84. The van der Waals surface area contributed by atoms with E-state index in [9.17, 15) is 0 Å². The van der Waals surface area contributed by atoms with E-state index in [0.717, 1.165) is 28.3 Å². The van der Waals surface area contributed by atoms with Gasteiger partial charge in [-0.25, -0.2) is 9.97 Å². The van der Waals surface area contributed by atoms with Crippen molar-refractivity contribution >= 4 is 23.3 Å². The van der Waals surface area contributed by atoms with E-state index in [1.54, 1.807) is 19.4 Å². The Hall–Kier alpha value is -3.02. The first-order valence-corrected chi connectivity index (χ1v) is 7.37. The zero-order valence-corrected chi connectivity index (χ0v) is 13.1. The van der Waals surface area contributed by atoms with Crippen molar-refractivity contribution in [3.05, 3.63) is 60.5 Å². The molecule has 0 atom stereocenters. The number of nitrogens with zero attached hydrogens (tertiary/aromatic N) is 5. The summed E-state index contributed by atoms with van der Waals surface area (Å²) in [6, 6.07) is 3.94. The summed E-state index contributed by atoms with van der Waals surface area (Å²) in [7, 11) is 1.76. The van der Waals surface area contributed by atoms with Crippen LogP contribution in [0.2, 0.25) is 0 Å². The van der Waals surface area contributed by atoms with E-state index in [1.807, 2.05) is 54.3 Å². The van der Waals surface area contributed by atoms with Crippen LogP contribution in [0.4, 0.5) is 5.82 Å². The van der Waals surface area contributed by atoms with Crippen LogP contribution >= 0.6 is 0 Å². The number of rotatable bonds is 5. The molecule has 0 radical (unpaired) electrons. The van der Waals surface area contributed by atoms with Gasteiger partial charge in [0.25, 0.3) is 0 Å². The summed E-state index contributed by atoms with van der Waals surface area (Å²) in [5.41, 5.74) is 3.88. The van der Waals surface area contributed by atoms with Crippen LogP contribution < -0.4 is 5.32 Å². The molecule has 1 N–H and O–H groups in total. The molecule has 23 heavy (non-hydrogen) atoms. The Morgan fingerprint density at radius 1 is 1.30 bits per heavy atom. The highest BCUT2D eigenvalue weighted by Crippen LogP contribution is 2.19. The minimum Gasteiger partial charge on any atom is -0.363 e. The molecule has 116 valence electrons. The molecule has 6 nitrogen and oxygen atoms in total. The van der Waals surface area contributed by atoms with Crippen molar-refractivity contribution in [3.8, 4) is 0 Å². The molecule has 0 spiro atoms. The maximum atomic E-state index is 4.50. The lowest BCUT2D eigenvalue weighted by Gasteiger charge is -2.07. The molecule has 3 heterocycles. The van der Waals surface area contributed by atoms with E-state index >= 15 is 0 Å². The third kappa shape index (κ3) is 3.11. The summed E-state index contributed by atoms with van der Waals surface area (Å²) in [5, 5.41) is 3.32. The second-order valence-electron chi connectivity index (χ2n) is 4.96. The number of hydrogen-bond donors (Lipinski definition) is 1. The number of anilines is 1. The Morgan fingerprint density at radius 2 is 2.22 bits per heavy atom. The van der Waals surface area contributed by atoms with Crippen molar-refractivity contribution in [3.63, 3.8) is 0 Å². The number of imidazole rings is 1. The first kappa shape index (κ1) is 14.9. The fraction of sp³-hybridized carbons (Fsp3) is 0.176. The maximum absolute atomic E-state index is 4.50. The third-order valence-electron chi connectivity index (χ3n) is 3.49. The van der Waals surface area contributed by atoms with Crippen LogP contribution in [0, 0.1) is 0 Å². The number of fused-ring (bicyclic) bond motifs is 1. The molecule has 6 heteroatoms. The predicted molar refractivity (Wildman–Crippen MR) is 92.6 cm³/mol. The Morgan fingerprint density at radius 3 is 2.96 bits per heavy atom. The van der Waals surface area contributed by atoms with Crippen molar-refractivity contribution in [2.24, 2.45) is 4.99 Å². The number of aliphatic imine (C=N–C) groups is 1. The molecule has 0 aliphatic heterocycles. The van der Waals surface area contributed by atoms with Crippen molar-refractivity contribution in [1.29, 1.82) is 0 Å². The van der Waals surface area contributed by atoms with E-state index < -0.39 is 0 Å². The van der Waals surface area contributed by atoms with Crippen molar-refractivity contribution < 1.29 is 0 Å². The van der Waals surface area contributed by atoms with Crippen molar-refractivity contribution in [1.82, 2.24) is 19.4 Å². The number of nitrogens with one attached hydrogen (secondary N) is 1. The molecule has 0 saturated carbocycles. The molecule has 0 aliphatic carbocycles. The maximum Gasteiger partial charge on any atom is 0.180 e. The molecule has 0 fully saturated rings. The van der Waals surface area contributed by atoms with Gasteiger partial charge in [0.1, 0.15) is 0 Å². The third-order valence-corrected chi connectivity index (χ3v) is 3.49. The van der Waals surface area contributed by atoms with Crippen molar-refractivity contribution in [2.75, 3.05) is 12.4 Å². The molecule has 3 aromatic rings. The zero-order valence-electron chi connectivity index (χ0n) is 13.1. The quantitative estimate of drug-likeness (QED) is 0.736. The molecular weight excluding hydrogens is 288 g/mol. The second-order valence-corrected chi connectivity index (χ2v) is 4.96. The first-order valence-electron chi connectivity index (χ1n) is 7.37. The van der Waals surface area contributed by atoms with Crippen molar-refractivity contribution in [2.45, 2.75) is 13.5 Å². The smallest absolute Gasteiger partial charge is 0.180 e. The van der Waals surface area contributed by atoms with Crippen LogP contribution in [-0.2, 0) is 6.54 Å². The topological polar surface area (TPSA) is 67.5 Å². The molecule has 0 aliphatic rings. The Labute approximate surface area is 134 Å². The van der Waals surface area contributed by atoms with Crippen LogP contribution in [0.25, 0.3) is 11.2 Å². The van der Waals surface area contributed by atoms with E-state index in [4.69, 9.17) is 0 Å². The summed E-state index contributed by atoms with van der Waals surface area (Å²) >= 11 is 0. The molecule has 0 aromatic carbocycles. The van der Waals surface area contributed by atoms with Gasteiger partial charge in [-0.05, 0) is 18.6 Å². The summed E-state index contributed by atoms with van der Waals surface area (Å²) < 4.78 is 2.01. The summed E-state index contributed by atoms with van der Waals surface area (Å²) in [4.78, 5) is 17.1. The molecule has 0 bridgehead atoms. The average molecular weight is 306 g/mol. The van der Waals surface area contributed by atoms with Gasteiger partial charge in [0.2, 0.25) is 0 Å². The summed E-state index contributed by atoms with van der Waals surface area (Å²) in [5.74, 6) is 0.742. The number of aromatic nitrogens is 4. The highest BCUT2D eigenvalue weighted by molar-refractivity contribution is 6.09. The lowest BCUT2D eigenvalue weighted by atomic mass is 10.2. The fourth-order valence-corrected chi connectivity index (χ4v) is 2.37. The van der Waals surface area contributed by atoms with Gasteiger partial charge in [-0.2, -0.15) is 0 Å². The minimum absolute atomic E-state index is 0.648. The first-order chi connectivity index (χ1) is 11.3. The average Bonchev–Trinajstić information content (AvgIpc) is 3.03. The van der Waals surface area contributed by atoms with Crippen LogP contribution in [-0.4, -0.2) is 32.6 Å². The fourth-order valence-electron chi connectivity index (χ4n) is 2.37. The van der Waals surface area contributed by atoms with Gasteiger partial charge in [0, 0.05) is 50.2 Å². The largest absolute Gasteiger partial charge is 0.363 e. The van der Waals surface area contributed by atoms with Gasteiger partial charge in [0.15, 0.2) is 11.5 Å². The second kappa shape index (κ2) is 6.83. The zero-order chi connectivity index (χ0) is 16.1. The van der Waals surface area contributed by atoms with Crippen LogP contribution in [0.5, 0.6) is 0 Å². The molecule has 0 unspecified atom stereocenters. The Bertz CT molecular complexity index is 848. The highest BCUT2D eigenvalue weighted by Gasteiger charge is 2.10. The van der Waals surface area contributed by atoms with Gasteiger partial charge < -0.3 is 5.32 Å². The highest BCUT2D eigenvalue weighted by atomic mass is 15.1. The molecule has 3 rings (SSSR count). The van der Waals surface area contributed by atoms with Crippen LogP contribution in [0.15, 0.2) is 54.2 Å². The number of pyridine rings is 1. The van der Waals surface area contributed by atoms with Gasteiger partial charge in [-0.15, -0.1) is 0 Å². The molecule has 0 saturated heterocycles. The van der Waals surface area contributed by atoms with E-state index in [0.29, 0.717) is 6.54 Å². The lowest BCUT2D eigenvalue weighted by Crippen LogP contribution is -2.04. The van der Waals surface area contributed by atoms with Gasteiger partial charge >= 0.3 is 0 Å². The Kier molecular flexibility index (Phi) is 4.42. The SMILES string of the molecule is C/C=C(\C=NC)c1cnc2c(NCc3cccnc3)nccn12. The van der Waals surface area contributed by atoms with Crippen LogP contribution in [0.3, 0.4) is 0 Å². The summed E-state index contributed by atoms with van der Waals surface area (Å²) in [6.07, 6.45) is 12.9. The van der Waals surface area contributed by atoms with Crippen LogP contribution in [0.1, 0.15) is 18.2 Å². The van der Waals surface area contributed by atoms with E-state index in [-0.39, 0.29) is 0 Å². The standard InChI is InChI=1S/C17H18N6/c1-3-14(11-18-2)15-12-22-17-16(20-7-8-23(15)17)21-10-13-5-4-6-19-9-13/h3-9,11-12H,10H2,1-2H3,(H,20,21)/b14-3+,18-11?. The normalized spacial score (nSPS) is 12.2. The Balaban J connectivity index is 1.92. The van der Waals surface area contributed by atoms with E-state index in [1.165, 1.54) is 0 Å². The summed E-state index contributed by atoms with van der Waals surface area (Å²) in [6.45, 7) is 2.63. The number of allylic oxidation sites excluding steroid dienone is 2. The lowest BCUT2D eigenvalue weighted by molar-refractivity contribution is 1.05. The number of hydrogen-bond acceptors (Lipinski definition) is 5. The molecule has 0 amide bonds.